The summed E-state index contributed by atoms with van der Waals surface area (Å²) in [6.45, 7) is 8.06. The minimum atomic E-state index is -1.15. The molecule has 0 heterocycles. The molecule has 0 atom stereocenters. The standard InChI is InChI=1S/C14H24O4/c1-11(2)8-6-4-5-7-9-18-13(15)10-12(3)14(16)17/h11H,3-10H2,1-2H3,(H,16,17). The van der Waals surface area contributed by atoms with Gasteiger partial charge in [0.15, 0.2) is 0 Å². The summed E-state index contributed by atoms with van der Waals surface area (Å²) in [6, 6.07) is 0. The highest BCUT2D eigenvalue weighted by atomic mass is 16.5. The fraction of sp³-hybridized carbons (Fsp3) is 0.714. The quantitative estimate of drug-likeness (QED) is 0.370. The smallest absolute Gasteiger partial charge is 0.331 e. The molecule has 0 aliphatic heterocycles. The van der Waals surface area contributed by atoms with E-state index in [4.69, 9.17) is 9.84 Å². The summed E-state index contributed by atoms with van der Waals surface area (Å²) in [5.41, 5.74) is -0.128. The van der Waals surface area contributed by atoms with E-state index in [9.17, 15) is 9.59 Å². The molecule has 0 radical (unpaired) electrons. The van der Waals surface area contributed by atoms with Gasteiger partial charge in [0, 0.05) is 5.57 Å². The van der Waals surface area contributed by atoms with E-state index < -0.39 is 11.9 Å². The van der Waals surface area contributed by atoms with Gasteiger partial charge in [0.05, 0.1) is 13.0 Å². The average molecular weight is 256 g/mol. The second-order valence-electron chi connectivity index (χ2n) is 4.90. The molecular weight excluding hydrogens is 232 g/mol. The van der Waals surface area contributed by atoms with Crippen LogP contribution in [0.25, 0.3) is 0 Å². The van der Waals surface area contributed by atoms with Crippen LogP contribution in [-0.2, 0) is 14.3 Å². The molecule has 4 nitrogen and oxygen atoms in total. The average Bonchev–Trinajstić information content (AvgIpc) is 2.27. The Hall–Kier alpha value is -1.32. The van der Waals surface area contributed by atoms with Gasteiger partial charge < -0.3 is 9.84 Å². The number of carbonyl (C=O) groups excluding carboxylic acids is 1. The molecule has 1 N–H and O–H groups in total. The summed E-state index contributed by atoms with van der Waals surface area (Å²) < 4.78 is 4.93. The highest BCUT2D eigenvalue weighted by Crippen LogP contribution is 2.09. The molecule has 0 saturated heterocycles. The second kappa shape index (κ2) is 9.68. The van der Waals surface area contributed by atoms with Gasteiger partial charge in [-0.1, -0.05) is 46.1 Å². The maximum atomic E-state index is 11.2. The summed E-state index contributed by atoms with van der Waals surface area (Å²) in [5.74, 6) is -0.921. The molecule has 0 unspecified atom stereocenters. The molecule has 0 bridgehead atoms. The van der Waals surface area contributed by atoms with Gasteiger partial charge in [0.25, 0.3) is 0 Å². The highest BCUT2D eigenvalue weighted by molar-refractivity contribution is 5.91. The van der Waals surface area contributed by atoms with Crippen molar-refractivity contribution in [3.05, 3.63) is 12.2 Å². The molecule has 0 amide bonds. The van der Waals surface area contributed by atoms with Gasteiger partial charge in [0.1, 0.15) is 0 Å². The minimum absolute atomic E-state index is 0.128. The van der Waals surface area contributed by atoms with Crippen molar-refractivity contribution in [2.45, 2.75) is 52.4 Å². The van der Waals surface area contributed by atoms with Crippen molar-refractivity contribution >= 4 is 11.9 Å². The minimum Gasteiger partial charge on any atom is -0.478 e. The fourth-order valence-corrected chi connectivity index (χ4v) is 1.50. The lowest BCUT2D eigenvalue weighted by Crippen LogP contribution is -2.10. The van der Waals surface area contributed by atoms with Crippen LogP contribution < -0.4 is 0 Å². The van der Waals surface area contributed by atoms with Gasteiger partial charge in [-0.2, -0.15) is 0 Å². The van der Waals surface area contributed by atoms with Crippen LogP contribution in [0.15, 0.2) is 12.2 Å². The number of hydrogen-bond donors (Lipinski definition) is 1. The van der Waals surface area contributed by atoms with Crippen molar-refractivity contribution in [2.24, 2.45) is 5.92 Å². The van der Waals surface area contributed by atoms with E-state index in [1.54, 1.807) is 0 Å². The Morgan fingerprint density at radius 1 is 1.17 bits per heavy atom. The van der Waals surface area contributed by atoms with E-state index in [-0.39, 0.29) is 12.0 Å². The molecule has 0 aliphatic carbocycles. The Balaban J connectivity index is 3.41. The largest absolute Gasteiger partial charge is 0.478 e. The van der Waals surface area contributed by atoms with E-state index >= 15 is 0 Å². The van der Waals surface area contributed by atoms with Gasteiger partial charge in [-0.25, -0.2) is 4.79 Å². The van der Waals surface area contributed by atoms with Gasteiger partial charge in [-0.05, 0) is 12.3 Å². The molecule has 0 aromatic heterocycles. The van der Waals surface area contributed by atoms with Crippen LogP contribution in [0.2, 0.25) is 0 Å². The maximum Gasteiger partial charge on any atom is 0.331 e. The van der Waals surface area contributed by atoms with E-state index in [2.05, 4.69) is 20.4 Å². The Labute approximate surface area is 109 Å². The molecule has 0 fully saturated rings. The van der Waals surface area contributed by atoms with Crippen LogP contribution in [0, 0.1) is 5.92 Å². The molecule has 18 heavy (non-hydrogen) atoms. The van der Waals surface area contributed by atoms with Crippen molar-refractivity contribution in [3.8, 4) is 0 Å². The van der Waals surface area contributed by atoms with Crippen LogP contribution >= 0.6 is 0 Å². The molecule has 104 valence electrons. The predicted octanol–water partition coefficient (Wildman–Crippen LogP) is 3.17. The first-order valence-corrected chi connectivity index (χ1v) is 6.50. The van der Waals surface area contributed by atoms with Gasteiger partial charge in [0.2, 0.25) is 0 Å². The van der Waals surface area contributed by atoms with Crippen LogP contribution in [0.3, 0.4) is 0 Å². The predicted molar refractivity (Wildman–Crippen MR) is 70.3 cm³/mol. The number of rotatable bonds is 10. The number of hydrogen-bond acceptors (Lipinski definition) is 3. The van der Waals surface area contributed by atoms with Crippen LogP contribution in [0.1, 0.15) is 52.4 Å². The Bertz CT molecular complexity index is 282. The SMILES string of the molecule is C=C(CC(=O)OCCCCCCC(C)C)C(=O)O. The zero-order chi connectivity index (χ0) is 14.0. The molecule has 4 heteroatoms. The van der Waals surface area contributed by atoms with Crippen LogP contribution in [0.5, 0.6) is 0 Å². The molecule has 0 aromatic carbocycles. The molecular formula is C14H24O4. The van der Waals surface area contributed by atoms with Crippen molar-refractivity contribution < 1.29 is 19.4 Å². The second-order valence-corrected chi connectivity index (χ2v) is 4.90. The van der Waals surface area contributed by atoms with Crippen molar-refractivity contribution in [1.82, 2.24) is 0 Å². The Morgan fingerprint density at radius 2 is 1.78 bits per heavy atom. The van der Waals surface area contributed by atoms with Crippen molar-refractivity contribution in [1.29, 1.82) is 0 Å². The zero-order valence-electron chi connectivity index (χ0n) is 11.4. The summed E-state index contributed by atoms with van der Waals surface area (Å²) in [6.07, 6.45) is 5.24. The van der Waals surface area contributed by atoms with Crippen LogP contribution in [0.4, 0.5) is 0 Å². The Morgan fingerprint density at radius 3 is 2.33 bits per heavy atom. The number of unbranched alkanes of at least 4 members (excludes halogenated alkanes) is 3. The summed E-state index contributed by atoms with van der Waals surface area (Å²) >= 11 is 0. The first-order chi connectivity index (χ1) is 8.43. The fourth-order valence-electron chi connectivity index (χ4n) is 1.50. The lowest BCUT2D eigenvalue weighted by Gasteiger charge is -2.06. The summed E-state index contributed by atoms with van der Waals surface area (Å²) in [7, 11) is 0. The van der Waals surface area contributed by atoms with Gasteiger partial charge in [-0.3, -0.25) is 4.79 Å². The Kier molecular flexibility index (Phi) is 8.97. The van der Waals surface area contributed by atoms with Crippen molar-refractivity contribution in [2.75, 3.05) is 6.61 Å². The lowest BCUT2D eigenvalue weighted by molar-refractivity contribution is -0.144. The molecule has 0 aliphatic rings. The molecule has 0 aromatic rings. The lowest BCUT2D eigenvalue weighted by atomic mass is 10.0. The molecule has 0 spiro atoms. The van der Waals surface area contributed by atoms with E-state index in [0.717, 1.165) is 25.2 Å². The topological polar surface area (TPSA) is 63.6 Å². The number of carboxylic acid groups (broad SMARTS) is 1. The first kappa shape index (κ1) is 16.7. The van der Waals surface area contributed by atoms with Gasteiger partial charge >= 0.3 is 11.9 Å². The third-order valence-electron chi connectivity index (χ3n) is 2.60. The summed E-state index contributed by atoms with van der Waals surface area (Å²) in [4.78, 5) is 21.6. The van der Waals surface area contributed by atoms with Gasteiger partial charge in [-0.15, -0.1) is 0 Å². The highest BCUT2D eigenvalue weighted by Gasteiger charge is 2.10. The third-order valence-corrected chi connectivity index (χ3v) is 2.60. The van der Waals surface area contributed by atoms with E-state index in [0.29, 0.717) is 6.61 Å². The monoisotopic (exact) mass is 256 g/mol. The first-order valence-electron chi connectivity index (χ1n) is 6.50. The third kappa shape index (κ3) is 9.87. The normalized spacial score (nSPS) is 10.4. The maximum absolute atomic E-state index is 11.2. The number of aliphatic carboxylic acids is 1. The summed E-state index contributed by atoms with van der Waals surface area (Å²) in [5, 5.41) is 8.54. The molecule has 0 rings (SSSR count). The molecule has 0 saturated carbocycles. The number of esters is 1. The number of ether oxygens (including phenoxy) is 1. The van der Waals surface area contributed by atoms with E-state index in [1.165, 1.54) is 12.8 Å². The van der Waals surface area contributed by atoms with Crippen molar-refractivity contribution in [3.63, 3.8) is 0 Å². The number of carboxylic acids is 1. The van der Waals surface area contributed by atoms with Crippen LogP contribution in [-0.4, -0.2) is 23.7 Å². The van der Waals surface area contributed by atoms with E-state index in [1.807, 2.05) is 0 Å². The number of carbonyl (C=O) groups is 2. The zero-order valence-corrected chi connectivity index (χ0v) is 11.4.